The summed E-state index contributed by atoms with van der Waals surface area (Å²) in [7, 11) is 3.30. The van der Waals surface area contributed by atoms with Crippen LogP contribution in [0.4, 0.5) is 0 Å². The van der Waals surface area contributed by atoms with E-state index in [2.05, 4.69) is 17.6 Å². The number of hydrogen-bond donors (Lipinski definition) is 2. The van der Waals surface area contributed by atoms with Gasteiger partial charge in [-0.25, -0.2) is 0 Å². The van der Waals surface area contributed by atoms with Crippen LogP contribution in [-0.4, -0.2) is 39.3 Å². The first kappa shape index (κ1) is 12.4. The molecule has 1 unspecified atom stereocenters. The molecule has 0 saturated heterocycles. The molecule has 0 fully saturated rings. The smallest absolute Gasteiger partial charge is 0.233 e. The van der Waals surface area contributed by atoms with Crippen LogP contribution in [-0.2, 0) is 9.53 Å². The fourth-order valence-corrected chi connectivity index (χ4v) is 1.12. The summed E-state index contributed by atoms with van der Waals surface area (Å²) in [5.41, 5.74) is 0. The fraction of sp³-hybridized carbons (Fsp3) is 0.889. The predicted molar refractivity (Wildman–Crippen MR) is 52.6 cm³/mol. The average molecular weight is 188 g/mol. The molecule has 0 bridgehead atoms. The van der Waals surface area contributed by atoms with Gasteiger partial charge in [-0.2, -0.15) is 0 Å². The molecule has 0 aliphatic rings. The standard InChI is InChI=1S/C9H20N2O2/c1-4-5-8(7-13-3)11-6-9(12)10-2/h8,11H,4-7H2,1-3H3,(H,10,12). The Hall–Kier alpha value is -0.610. The minimum atomic E-state index is 0.0113. The van der Waals surface area contributed by atoms with Crippen molar-refractivity contribution in [2.75, 3.05) is 27.3 Å². The molecule has 2 N–H and O–H groups in total. The summed E-state index contributed by atoms with van der Waals surface area (Å²) in [6.07, 6.45) is 2.12. The number of methoxy groups -OCH3 is 1. The predicted octanol–water partition coefficient (Wildman–Crippen LogP) is 0.137. The van der Waals surface area contributed by atoms with Gasteiger partial charge in [-0.1, -0.05) is 13.3 Å². The van der Waals surface area contributed by atoms with E-state index in [9.17, 15) is 4.79 Å². The highest BCUT2D eigenvalue weighted by Gasteiger charge is 2.07. The molecule has 0 aromatic heterocycles. The van der Waals surface area contributed by atoms with Crippen molar-refractivity contribution in [3.05, 3.63) is 0 Å². The van der Waals surface area contributed by atoms with Gasteiger partial charge >= 0.3 is 0 Å². The lowest BCUT2D eigenvalue weighted by atomic mass is 10.2. The van der Waals surface area contributed by atoms with Gasteiger partial charge in [-0.15, -0.1) is 0 Å². The van der Waals surface area contributed by atoms with Crippen LogP contribution < -0.4 is 10.6 Å². The maximum absolute atomic E-state index is 10.9. The van der Waals surface area contributed by atoms with Gasteiger partial charge in [0.2, 0.25) is 5.91 Å². The van der Waals surface area contributed by atoms with Gasteiger partial charge < -0.3 is 15.4 Å². The fourth-order valence-electron chi connectivity index (χ4n) is 1.12. The van der Waals surface area contributed by atoms with Crippen LogP contribution in [0.5, 0.6) is 0 Å². The number of amides is 1. The summed E-state index contributed by atoms with van der Waals surface area (Å²) in [6, 6.07) is 0.285. The van der Waals surface area contributed by atoms with Gasteiger partial charge in [0, 0.05) is 20.2 Å². The highest BCUT2D eigenvalue weighted by Crippen LogP contribution is 1.96. The first-order chi connectivity index (χ1) is 6.24. The molecule has 0 aromatic carbocycles. The van der Waals surface area contributed by atoms with Crippen molar-refractivity contribution in [1.29, 1.82) is 0 Å². The zero-order chi connectivity index (χ0) is 10.1. The van der Waals surface area contributed by atoms with E-state index >= 15 is 0 Å². The Morgan fingerprint density at radius 2 is 2.23 bits per heavy atom. The molecule has 0 spiro atoms. The van der Waals surface area contributed by atoms with Crippen molar-refractivity contribution in [3.63, 3.8) is 0 Å². The van der Waals surface area contributed by atoms with Crippen molar-refractivity contribution < 1.29 is 9.53 Å². The Morgan fingerprint density at radius 1 is 1.54 bits per heavy atom. The molecule has 0 aromatic rings. The Kier molecular flexibility index (Phi) is 7.63. The molecule has 0 heterocycles. The second-order valence-electron chi connectivity index (χ2n) is 3.00. The zero-order valence-electron chi connectivity index (χ0n) is 8.72. The highest BCUT2D eigenvalue weighted by molar-refractivity contribution is 5.77. The molecule has 1 amide bonds. The molecule has 0 aliphatic carbocycles. The second-order valence-corrected chi connectivity index (χ2v) is 3.00. The molecule has 78 valence electrons. The molecule has 13 heavy (non-hydrogen) atoms. The van der Waals surface area contributed by atoms with Crippen molar-refractivity contribution >= 4 is 5.91 Å². The normalized spacial score (nSPS) is 12.5. The largest absolute Gasteiger partial charge is 0.383 e. The molecule has 0 saturated carbocycles. The average Bonchev–Trinajstić information content (AvgIpc) is 2.14. The number of hydrogen-bond acceptors (Lipinski definition) is 3. The van der Waals surface area contributed by atoms with Crippen molar-refractivity contribution in [2.24, 2.45) is 0 Å². The van der Waals surface area contributed by atoms with E-state index in [1.54, 1.807) is 14.2 Å². The molecule has 0 radical (unpaired) electrons. The lowest BCUT2D eigenvalue weighted by molar-refractivity contribution is -0.119. The molecule has 4 nitrogen and oxygen atoms in total. The second kappa shape index (κ2) is 8.01. The molecule has 0 aliphatic heterocycles. The van der Waals surface area contributed by atoms with E-state index in [1.165, 1.54) is 0 Å². The van der Waals surface area contributed by atoms with Gasteiger partial charge in [0.05, 0.1) is 13.2 Å². The van der Waals surface area contributed by atoms with E-state index in [0.29, 0.717) is 13.2 Å². The zero-order valence-corrected chi connectivity index (χ0v) is 8.72. The third-order valence-corrected chi connectivity index (χ3v) is 1.84. The summed E-state index contributed by atoms with van der Waals surface area (Å²) in [4.78, 5) is 10.9. The summed E-state index contributed by atoms with van der Waals surface area (Å²) in [5.74, 6) is 0.0113. The van der Waals surface area contributed by atoms with Gasteiger partial charge in [0.1, 0.15) is 0 Å². The maximum Gasteiger partial charge on any atom is 0.233 e. The van der Waals surface area contributed by atoms with Gasteiger partial charge in [0.25, 0.3) is 0 Å². The molecule has 1 atom stereocenters. The Balaban J connectivity index is 3.61. The summed E-state index contributed by atoms with van der Waals surface area (Å²) < 4.78 is 5.03. The van der Waals surface area contributed by atoms with Gasteiger partial charge in [-0.05, 0) is 6.42 Å². The van der Waals surface area contributed by atoms with Crippen LogP contribution >= 0.6 is 0 Å². The molecule has 0 rings (SSSR count). The minimum absolute atomic E-state index is 0.0113. The van der Waals surface area contributed by atoms with E-state index in [4.69, 9.17) is 4.74 Å². The number of carbonyl (C=O) groups excluding carboxylic acids is 1. The van der Waals surface area contributed by atoms with Crippen LogP contribution in [0, 0.1) is 0 Å². The SMILES string of the molecule is CCCC(COC)NCC(=O)NC. The van der Waals surface area contributed by atoms with Gasteiger partial charge in [0.15, 0.2) is 0 Å². The van der Waals surface area contributed by atoms with Crippen molar-refractivity contribution in [1.82, 2.24) is 10.6 Å². The summed E-state index contributed by atoms with van der Waals surface area (Å²) in [6.45, 7) is 3.14. The summed E-state index contributed by atoms with van der Waals surface area (Å²) in [5, 5.41) is 5.70. The van der Waals surface area contributed by atoms with Crippen LogP contribution in [0.15, 0.2) is 0 Å². The first-order valence-corrected chi connectivity index (χ1v) is 4.67. The number of ether oxygens (including phenoxy) is 1. The van der Waals surface area contributed by atoms with Crippen molar-refractivity contribution in [2.45, 2.75) is 25.8 Å². The molecule has 4 heteroatoms. The quantitative estimate of drug-likeness (QED) is 0.597. The van der Waals surface area contributed by atoms with Gasteiger partial charge in [-0.3, -0.25) is 4.79 Å². The highest BCUT2D eigenvalue weighted by atomic mass is 16.5. The molecular weight excluding hydrogens is 168 g/mol. The summed E-state index contributed by atoms with van der Waals surface area (Å²) >= 11 is 0. The topological polar surface area (TPSA) is 50.4 Å². The third-order valence-electron chi connectivity index (χ3n) is 1.84. The monoisotopic (exact) mass is 188 g/mol. The number of nitrogens with one attached hydrogen (secondary N) is 2. The maximum atomic E-state index is 10.9. The van der Waals surface area contributed by atoms with Crippen molar-refractivity contribution in [3.8, 4) is 0 Å². The van der Waals surface area contributed by atoms with E-state index in [-0.39, 0.29) is 11.9 Å². The Labute approximate surface area is 80.0 Å². The first-order valence-electron chi connectivity index (χ1n) is 4.67. The Morgan fingerprint density at radius 3 is 2.69 bits per heavy atom. The lowest BCUT2D eigenvalue weighted by Gasteiger charge is -2.16. The minimum Gasteiger partial charge on any atom is -0.383 e. The number of likely N-dealkylation sites (N-methyl/N-ethyl adjacent to an activating group) is 1. The van der Waals surface area contributed by atoms with Crippen LogP contribution in [0.1, 0.15) is 19.8 Å². The lowest BCUT2D eigenvalue weighted by Crippen LogP contribution is -2.40. The Bertz CT molecular complexity index is 134. The van der Waals surface area contributed by atoms with Crippen LogP contribution in [0.25, 0.3) is 0 Å². The van der Waals surface area contributed by atoms with E-state index < -0.39 is 0 Å². The number of carbonyl (C=O) groups is 1. The van der Waals surface area contributed by atoms with E-state index in [1.807, 2.05) is 0 Å². The van der Waals surface area contributed by atoms with Crippen LogP contribution in [0.3, 0.4) is 0 Å². The molecular formula is C9H20N2O2. The number of rotatable bonds is 7. The van der Waals surface area contributed by atoms with Crippen LogP contribution in [0.2, 0.25) is 0 Å². The van der Waals surface area contributed by atoms with E-state index in [0.717, 1.165) is 12.8 Å². The third kappa shape index (κ3) is 6.54.